The van der Waals surface area contributed by atoms with Crippen LogP contribution < -0.4 is 0 Å². The number of nitrogens with zero attached hydrogens (tertiary/aromatic N) is 2. The lowest BCUT2D eigenvalue weighted by Gasteiger charge is -2.07. The molecule has 0 spiro atoms. The van der Waals surface area contributed by atoms with E-state index in [0.29, 0.717) is 12.3 Å². The van der Waals surface area contributed by atoms with Crippen molar-refractivity contribution >= 4 is 17.3 Å². The van der Waals surface area contributed by atoms with E-state index in [1.165, 1.54) is 11.5 Å². The molecule has 16 heavy (non-hydrogen) atoms. The lowest BCUT2D eigenvalue weighted by Crippen LogP contribution is -2.06. The maximum Gasteiger partial charge on any atom is 0.176 e. The van der Waals surface area contributed by atoms with Crippen molar-refractivity contribution in [1.82, 2.24) is 9.59 Å². The standard InChI is InChI=1S/C12H20N2OS/c1-4-6-9(3)8-11(15)12-10(7-5-2)13-14-16-12/h9H,4-8H2,1-3H3. The number of aryl methyl sites for hydroxylation is 1. The van der Waals surface area contributed by atoms with E-state index < -0.39 is 0 Å². The van der Waals surface area contributed by atoms with Gasteiger partial charge in [0.2, 0.25) is 0 Å². The third-order valence-electron chi connectivity index (χ3n) is 2.61. The second-order valence-corrected chi connectivity index (χ2v) is 5.07. The molecular weight excluding hydrogens is 220 g/mol. The second-order valence-electron chi connectivity index (χ2n) is 4.32. The summed E-state index contributed by atoms with van der Waals surface area (Å²) >= 11 is 1.25. The molecule has 0 N–H and O–H groups in total. The van der Waals surface area contributed by atoms with E-state index in [-0.39, 0.29) is 5.78 Å². The number of rotatable bonds is 7. The first-order valence-electron chi connectivity index (χ1n) is 6.03. The summed E-state index contributed by atoms with van der Waals surface area (Å²) in [6.45, 7) is 6.38. The Bertz CT molecular complexity index is 336. The third-order valence-corrected chi connectivity index (χ3v) is 3.42. The Morgan fingerprint density at radius 3 is 2.75 bits per heavy atom. The van der Waals surface area contributed by atoms with Crippen LogP contribution in [0, 0.1) is 5.92 Å². The number of aromatic nitrogens is 2. The van der Waals surface area contributed by atoms with Crippen molar-refractivity contribution in [1.29, 1.82) is 0 Å². The van der Waals surface area contributed by atoms with Crippen molar-refractivity contribution < 1.29 is 4.79 Å². The van der Waals surface area contributed by atoms with E-state index in [0.717, 1.165) is 36.3 Å². The highest BCUT2D eigenvalue weighted by molar-refractivity contribution is 7.08. The van der Waals surface area contributed by atoms with Crippen LogP contribution >= 0.6 is 11.5 Å². The molecule has 0 aliphatic carbocycles. The fourth-order valence-electron chi connectivity index (χ4n) is 1.82. The van der Waals surface area contributed by atoms with Crippen LogP contribution in [-0.4, -0.2) is 15.4 Å². The van der Waals surface area contributed by atoms with E-state index in [2.05, 4.69) is 30.4 Å². The molecule has 0 bridgehead atoms. The zero-order valence-corrected chi connectivity index (χ0v) is 11.1. The summed E-state index contributed by atoms with van der Waals surface area (Å²) in [7, 11) is 0. The van der Waals surface area contributed by atoms with E-state index in [4.69, 9.17) is 0 Å². The average Bonchev–Trinajstić information content (AvgIpc) is 2.66. The van der Waals surface area contributed by atoms with Crippen molar-refractivity contribution in [2.24, 2.45) is 5.92 Å². The SMILES string of the molecule is CCCc1nnsc1C(=O)CC(C)CCC. The predicted octanol–water partition coefficient (Wildman–Crippen LogP) is 3.50. The number of hydrogen-bond acceptors (Lipinski definition) is 4. The Kier molecular flexibility index (Phi) is 5.60. The summed E-state index contributed by atoms with van der Waals surface area (Å²) in [5.74, 6) is 0.688. The fraction of sp³-hybridized carbons (Fsp3) is 0.750. The summed E-state index contributed by atoms with van der Waals surface area (Å²) in [6.07, 6.45) is 4.75. The fourth-order valence-corrected chi connectivity index (χ4v) is 2.48. The van der Waals surface area contributed by atoms with Crippen LogP contribution in [0.4, 0.5) is 0 Å². The van der Waals surface area contributed by atoms with E-state index >= 15 is 0 Å². The number of hydrogen-bond donors (Lipinski definition) is 0. The molecule has 0 aliphatic heterocycles. The van der Waals surface area contributed by atoms with Gasteiger partial charge in [0.15, 0.2) is 5.78 Å². The summed E-state index contributed by atoms with van der Waals surface area (Å²) in [5.41, 5.74) is 0.890. The topological polar surface area (TPSA) is 42.9 Å². The molecule has 0 saturated heterocycles. The van der Waals surface area contributed by atoms with Gasteiger partial charge in [0.05, 0.1) is 5.69 Å². The molecule has 0 aromatic carbocycles. The first-order valence-corrected chi connectivity index (χ1v) is 6.80. The van der Waals surface area contributed by atoms with Gasteiger partial charge in [-0.05, 0) is 23.9 Å². The molecule has 90 valence electrons. The first kappa shape index (κ1) is 13.3. The number of carbonyl (C=O) groups is 1. The monoisotopic (exact) mass is 240 g/mol. The van der Waals surface area contributed by atoms with Crippen molar-refractivity contribution in [2.75, 3.05) is 0 Å². The molecule has 0 radical (unpaired) electrons. The summed E-state index contributed by atoms with van der Waals surface area (Å²) in [5, 5.41) is 4.03. The normalized spacial score (nSPS) is 12.7. The quantitative estimate of drug-likeness (QED) is 0.685. The lowest BCUT2D eigenvalue weighted by atomic mass is 9.98. The minimum atomic E-state index is 0.222. The molecule has 0 amide bonds. The van der Waals surface area contributed by atoms with Crippen LogP contribution in [-0.2, 0) is 6.42 Å². The van der Waals surface area contributed by atoms with Gasteiger partial charge in [0, 0.05) is 6.42 Å². The molecule has 0 aliphatic rings. The maximum atomic E-state index is 12.0. The Labute approximate surface area is 101 Å². The molecule has 1 aromatic rings. The molecule has 4 heteroatoms. The number of Topliss-reactive ketones (excluding diaryl/α,β-unsaturated/α-hetero) is 1. The smallest absolute Gasteiger partial charge is 0.176 e. The van der Waals surface area contributed by atoms with Crippen LogP contribution in [0.3, 0.4) is 0 Å². The van der Waals surface area contributed by atoms with Crippen molar-refractivity contribution in [3.63, 3.8) is 0 Å². The molecule has 3 nitrogen and oxygen atoms in total. The van der Waals surface area contributed by atoms with Gasteiger partial charge < -0.3 is 0 Å². The lowest BCUT2D eigenvalue weighted by molar-refractivity contribution is 0.0965. The van der Waals surface area contributed by atoms with Crippen LogP contribution in [0.25, 0.3) is 0 Å². The van der Waals surface area contributed by atoms with Gasteiger partial charge in [-0.2, -0.15) is 0 Å². The zero-order valence-electron chi connectivity index (χ0n) is 10.3. The molecule has 1 aromatic heterocycles. The van der Waals surface area contributed by atoms with Crippen LogP contribution in [0.1, 0.15) is 61.8 Å². The summed E-state index contributed by atoms with van der Waals surface area (Å²) in [4.78, 5) is 12.8. The molecule has 0 saturated carbocycles. The highest BCUT2D eigenvalue weighted by Gasteiger charge is 2.17. The second kappa shape index (κ2) is 6.74. The highest BCUT2D eigenvalue weighted by atomic mass is 32.1. The first-order chi connectivity index (χ1) is 7.69. The average molecular weight is 240 g/mol. The van der Waals surface area contributed by atoms with Crippen molar-refractivity contribution in [2.45, 2.75) is 52.9 Å². The van der Waals surface area contributed by atoms with Gasteiger partial charge in [0.1, 0.15) is 4.88 Å². The van der Waals surface area contributed by atoms with E-state index in [9.17, 15) is 4.79 Å². The molecular formula is C12H20N2OS. The van der Waals surface area contributed by atoms with E-state index in [1.807, 2.05) is 0 Å². The van der Waals surface area contributed by atoms with Crippen LogP contribution in [0.2, 0.25) is 0 Å². The molecule has 1 rings (SSSR count). The minimum absolute atomic E-state index is 0.222. The van der Waals surface area contributed by atoms with Gasteiger partial charge in [-0.15, -0.1) is 5.10 Å². The van der Waals surface area contributed by atoms with Gasteiger partial charge >= 0.3 is 0 Å². The number of carbonyl (C=O) groups excluding carboxylic acids is 1. The predicted molar refractivity (Wildman–Crippen MR) is 66.9 cm³/mol. The van der Waals surface area contributed by atoms with Gasteiger partial charge in [-0.1, -0.05) is 44.5 Å². The van der Waals surface area contributed by atoms with Gasteiger partial charge in [-0.25, -0.2) is 0 Å². The maximum absolute atomic E-state index is 12.0. The molecule has 1 atom stereocenters. The molecule has 1 unspecified atom stereocenters. The highest BCUT2D eigenvalue weighted by Crippen LogP contribution is 2.19. The number of ketones is 1. The zero-order chi connectivity index (χ0) is 12.0. The van der Waals surface area contributed by atoms with E-state index in [1.54, 1.807) is 0 Å². The molecule has 1 heterocycles. The van der Waals surface area contributed by atoms with Crippen LogP contribution in [0.15, 0.2) is 0 Å². The Morgan fingerprint density at radius 2 is 2.12 bits per heavy atom. The summed E-state index contributed by atoms with van der Waals surface area (Å²) in [6, 6.07) is 0. The Balaban J connectivity index is 2.61. The van der Waals surface area contributed by atoms with Crippen LogP contribution in [0.5, 0.6) is 0 Å². The van der Waals surface area contributed by atoms with Gasteiger partial charge in [-0.3, -0.25) is 4.79 Å². The van der Waals surface area contributed by atoms with Gasteiger partial charge in [0.25, 0.3) is 0 Å². The summed E-state index contributed by atoms with van der Waals surface area (Å²) < 4.78 is 3.89. The van der Waals surface area contributed by atoms with Crippen molar-refractivity contribution in [3.05, 3.63) is 10.6 Å². The third kappa shape index (κ3) is 3.67. The minimum Gasteiger partial charge on any atom is -0.293 e. The Morgan fingerprint density at radius 1 is 1.38 bits per heavy atom. The largest absolute Gasteiger partial charge is 0.293 e. The Hall–Kier alpha value is -0.770. The van der Waals surface area contributed by atoms with Crippen molar-refractivity contribution in [3.8, 4) is 0 Å². The molecule has 0 fully saturated rings.